The van der Waals surface area contributed by atoms with E-state index in [2.05, 4.69) is 15.6 Å². The number of pyridine rings is 1. The number of hydrogen-bond donors (Lipinski definition) is 3. The van der Waals surface area contributed by atoms with E-state index in [0.29, 0.717) is 5.69 Å². The number of aromatic nitrogens is 1. The lowest BCUT2D eigenvalue weighted by Gasteiger charge is -2.11. The smallest absolute Gasteiger partial charge is 0.354 e. The molecule has 6 nitrogen and oxygen atoms in total. The average Bonchev–Trinajstić information content (AvgIpc) is 2.36. The first-order chi connectivity index (χ1) is 8.52. The maximum atomic E-state index is 11.5. The molecule has 0 saturated carbocycles. The van der Waals surface area contributed by atoms with E-state index in [4.69, 9.17) is 5.11 Å². The van der Waals surface area contributed by atoms with Gasteiger partial charge < -0.3 is 15.7 Å². The molecular formula is C12H17N3O3. The first-order valence-electron chi connectivity index (χ1n) is 5.75. The fourth-order valence-corrected chi connectivity index (χ4v) is 1.21. The molecule has 1 heterocycles. The number of carbonyl (C=O) groups excluding carboxylic acids is 1. The maximum Gasteiger partial charge on any atom is 0.354 e. The third-order valence-electron chi connectivity index (χ3n) is 2.49. The van der Waals surface area contributed by atoms with E-state index < -0.39 is 5.97 Å². The molecule has 1 aromatic heterocycles. The second kappa shape index (κ2) is 6.70. The fraction of sp³-hybridized carbons (Fsp3) is 0.417. The summed E-state index contributed by atoms with van der Waals surface area (Å²) in [4.78, 5) is 25.8. The van der Waals surface area contributed by atoms with Crippen molar-refractivity contribution in [2.45, 2.75) is 26.3 Å². The molecule has 0 aromatic carbocycles. The van der Waals surface area contributed by atoms with Gasteiger partial charge in [0.25, 0.3) is 0 Å². The second-order valence-corrected chi connectivity index (χ2v) is 3.98. The molecule has 0 aliphatic rings. The standard InChI is InChI=1S/C12H17N3O3/c1-3-8(2)13-7-11(16)15-9-4-5-10(12(17)18)14-6-9/h4-6,8,13H,3,7H2,1-2H3,(H,15,16)(H,17,18). The normalized spacial score (nSPS) is 11.9. The Bertz CT molecular complexity index is 417. The van der Waals surface area contributed by atoms with Crippen LogP contribution in [0.5, 0.6) is 0 Å². The quantitative estimate of drug-likeness (QED) is 0.704. The second-order valence-electron chi connectivity index (χ2n) is 3.98. The van der Waals surface area contributed by atoms with Crippen LogP contribution in [0.2, 0.25) is 0 Å². The molecule has 0 fully saturated rings. The Labute approximate surface area is 105 Å². The monoisotopic (exact) mass is 251 g/mol. The van der Waals surface area contributed by atoms with E-state index >= 15 is 0 Å². The lowest BCUT2D eigenvalue weighted by Crippen LogP contribution is -2.33. The molecule has 0 radical (unpaired) electrons. The van der Waals surface area contributed by atoms with E-state index in [-0.39, 0.29) is 24.2 Å². The molecule has 0 aliphatic heterocycles. The van der Waals surface area contributed by atoms with Crippen molar-refractivity contribution < 1.29 is 14.7 Å². The highest BCUT2D eigenvalue weighted by molar-refractivity contribution is 5.92. The lowest BCUT2D eigenvalue weighted by molar-refractivity contribution is -0.115. The molecule has 0 spiro atoms. The fourth-order valence-electron chi connectivity index (χ4n) is 1.21. The Morgan fingerprint density at radius 3 is 2.67 bits per heavy atom. The topological polar surface area (TPSA) is 91.3 Å². The van der Waals surface area contributed by atoms with Crippen molar-refractivity contribution in [1.82, 2.24) is 10.3 Å². The summed E-state index contributed by atoms with van der Waals surface area (Å²) in [6.07, 6.45) is 2.27. The van der Waals surface area contributed by atoms with Crippen molar-refractivity contribution in [3.63, 3.8) is 0 Å². The minimum atomic E-state index is -1.09. The van der Waals surface area contributed by atoms with Crippen LogP contribution in [0.4, 0.5) is 5.69 Å². The van der Waals surface area contributed by atoms with Gasteiger partial charge in [-0.15, -0.1) is 0 Å². The van der Waals surface area contributed by atoms with Gasteiger partial charge >= 0.3 is 5.97 Å². The summed E-state index contributed by atoms with van der Waals surface area (Å²) in [5.74, 6) is -1.27. The molecule has 1 rings (SSSR count). The van der Waals surface area contributed by atoms with E-state index in [1.165, 1.54) is 18.3 Å². The van der Waals surface area contributed by atoms with Crippen LogP contribution in [0.15, 0.2) is 18.3 Å². The predicted octanol–water partition coefficient (Wildman–Crippen LogP) is 1.11. The van der Waals surface area contributed by atoms with Crippen LogP contribution in [0.25, 0.3) is 0 Å². The van der Waals surface area contributed by atoms with E-state index in [1.54, 1.807) is 0 Å². The van der Waals surface area contributed by atoms with Crippen molar-refractivity contribution in [1.29, 1.82) is 0 Å². The number of amides is 1. The highest BCUT2D eigenvalue weighted by Crippen LogP contribution is 2.05. The molecule has 6 heteroatoms. The van der Waals surface area contributed by atoms with Crippen LogP contribution in [0.3, 0.4) is 0 Å². The number of rotatable bonds is 6. The Kier molecular flexibility index (Phi) is 5.26. The van der Waals surface area contributed by atoms with Gasteiger partial charge in [0, 0.05) is 6.04 Å². The number of nitrogens with one attached hydrogen (secondary N) is 2. The van der Waals surface area contributed by atoms with E-state index in [0.717, 1.165) is 6.42 Å². The summed E-state index contributed by atoms with van der Waals surface area (Å²) in [5, 5.41) is 14.4. The van der Waals surface area contributed by atoms with Crippen LogP contribution in [0, 0.1) is 0 Å². The third kappa shape index (κ3) is 4.50. The molecule has 0 saturated heterocycles. The van der Waals surface area contributed by atoms with Crippen molar-refractivity contribution in [3.05, 3.63) is 24.0 Å². The Balaban J connectivity index is 2.47. The van der Waals surface area contributed by atoms with Gasteiger partial charge in [-0.2, -0.15) is 0 Å². The van der Waals surface area contributed by atoms with Crippen molar-refractivity contribution in [3.8, 4) is 0 Å². The molecule has 1 aromatic rings. The van der Waals surface area contributed by atoms with Crippen LogP contribution < -0.4 is 10.6 Å². The van der Waals surface area contributed by atoms with E-state index in [9.17, 15) is 9.59 Å². The minimum absolute atomic E-state index is 0.0503. The van der Waals surface area contributed by atoms with Gasteiger partial charge in [0.05, 0.1) is 18.4 Å². The van der Waals surface area contributed by atoms with Crippen LogP contribution in [0.1, 0.15) is 30.8 Å². The summed E-state index contributed by atoms with van der Waals surface area (Å²) in [6, 6.07) is 3.14. The van der Waals surface area contributed by atoms with Gasteiger partial charge in [0.2, 0.25) is 5.91 Å². The molecule has 98 valence electrons. The zero-order valence-electron chi connectivity index (χ0n) is 10.4. The summed E-state index contributed by atoms with van der Waals surface area (Å²) in [7, 11) is 0. The molecule has 1 amide bonds. The van der Waals surface area contributed by atoms with Gasteiger partial charge in [-0.3, -0.25) is 4.79 Å². The summed E-state index contributed by atoms with van der Waals surface area (Å²) >= 11 is 0. The minimum Gasteiger partial charge on any atom is -0.477 e. The molecule has 1 atom stereocenters. The Morgan fingerprint density at radius 1 is 1.44 bits per heavy atom. The summed E-state index contributed by atoms with van der Waals surface area (Å²) in [5.41, 5.74) is 0.432. The zero-order valence-corrected chi connectivity index (χ0v) is 10.4. The van der Waals surface area contributed by atoms with Crippen LogP contribution in [-0.2, 0) is 4.79 Å². The van der Waals surface area contributed by atoms with E-state index in [1.807, 2.05) is 13.8 Å². The zero-order chi connectivity index (χ0) is 13.5. The van der Waals surface area contributed by atoms with Crippen LogP contribution in [-0.4, -0.2) is 34.6 Å². The highest BCUT2D eigenvalue weighted by Gasteiger charge is 2.06. The van der Waals surface area contributed by atoms with Gasteiger partial charge in [0.15, 0.2) is 0 Å². The molecular weight excluding hydrogens is 234 g/mol. The number of hydrogen-bond acceptors (Lipinski definition) is 4. The Hall–Kier alpha value is -1.95. The maximum absolute atomic E-state index is 11.5. The van der Waals surface area contributed by atoms with Crippen LogP contribution >= 0.6 is 0 Å². The van der Waals surface area contributed by atoms with Crippen molar-refractivity contribution in [2.75, 3.05) is 11.9 Å². The molecule has 0 aliphatic carbocycles. The third-order valence-corrected chi connectivity index (χ3v) is 2.49. The Morgan fingerprint density at radius 2 is 2.17 bits per heavy atom. The average molecular weight is 251 g/mol. The van der Waals surface area contributed by atoms with Gasteiger partial charge in [0.1, 0.15) is 5.69 Å². The summed E-state index contributed by atoms with van der Waals surface area (Å²) < 4.78 is 0. The van der Waals surface area contributed by atoms with Gasteiger partial charge in [-0.1, -0.05) is 6.92 Å². The molecule has 1 unspecified atom stereocenters. The SMILES string of the molecule is CCC(C)NCC(=O)Nc1ccc(C(=O)O)nc1. The molecule has 18 heavy (non-hydrogen) atoms. The van der Waals surface area contributed by atoms with Gasteiger partial charge in [-0.25, -0.2) is 9.78 Å². The first-order valence-corrected chi connectivity index (χ1v) is 5.75. The number of carbonyl (C=O) groups is 2. The largest absolute Gasteiger partial charge is 0.477 e. The number of nitrogens with zero attached hydrogens (tertiary/aromatic N) is 1. The highest BCUT2D eigenvalue weighted by atomic mass is 16.4. The lowest BCUT2D eigenvalue weighted by atomic mass is 10.2. The van der Waals surface area contributed by atoms with Crippen molar-refractivity contribution in [2.24, 2.45) is 0 Å². The number of anilines is 1. The summed E-state index contributed by atoms with van der Waals surface area (Å²) in [6.45, 7) is 4.25. The van der Waals surface area contributed by atoms with Crippen molar-refractivity contribution >= 4 is 17.6 Å². The number of carboxylic acid groups (broad SMARTS) is 1. The first kappa shape index (κ1) is 14.1. The molecule has 0 bridgehead atoms. The van der Waals surface area contributed by atoms with Gasteiger partial charge in [-0.05, 0) is 25.5 Å². The predicted molar refractivity (Wildman–Crippen MR) is 67.6 cm³/mol. The number of carboxylic acids is 1. The number of aromatic carboxylic acids is 1. The molecule has 3 N–H and O–H groups in total.